The number of allylic oxidation sites excluding steroid dienone is 18. The van der Waals surface area contributed by atoms with E-state index in [0.717, 1.165) is 83.5 Å². The molecule has 0 aliphatic carbocycles. The summed E-state index contributed by atoms with van der Waals surface area (Å²) in [5, 5.41) is 11.7. The van der Waals surface area contributed by atoms with Gasteiger partial charge in [0.15, 0.2) is 6.10 Å². The Hall–Kier alpha value is -4.01. The second-order valence-electron chi connectivity index (χ2n) is 17.6. The molecule has 2 atom stereocenters. The molecule has 0 fully saturated rings. The number of quaternary nitrogens is 1. The Bertz CT molecular complexity index is 1420. The number of unbranched alkanes of at least 4 members (excludes halogenated alkanes) is 12. The molecule has 65 heavy (non-hydrogen) atoms. The second kappa shape index (κ2) is 46.5. The highest BCUT2D eigenvalue weighted by atomic mass is 16.6. The van der Waals surface area contributed by atoms with E-state index in [0.29, 0.717) is 12.8 Å². The summed E-state index contributed by atoms with van der Waals surface area (Å²) in [6.45, 7) is 4.37. The first-order chi connectivity index (χ1) is 31.6. The van der Waals surface area contributed by atoms with E-state index in [1.807, 2.05) is 0 Å². The predicted molar refractivity (Wildman–Crippen MR) is 272 cm³/mol. The largest absolute Gasteiger partial charge is 0.544 e. The fraction of sp³-hybridized carbons (Fsp3) is 0.632. The van der Waals surface area contributed by atoms with Crippen LogP contribution in [0.25, 0.3) is 0 Å². The van der Waals surface area contributed by atoms with Gasteiger partial charge in [-0.15, -0.1) is 0 Å². The molecule has 0 amide bonds. The van der Waals surface area contributed by atoms with Crippen LogP contribution in [0.15, 0.2) is 109 Å². The van der Waals surface area contributed by atoms with E-state index in [-0.39, 0.29) is 49.1 Å². The Labute approximate surface area is 398 Å². The SMILES string of the molecule is CC/C=C/C/C=C/C/C=C/C/C=C/C/C=C/C/C=C/CCCC(=O)OCC(COCCC(C(=O)[O-])[N+](C)(C)C)OC(=O)CCCCCCCCCCCCC/C=C/C/C=C/C/C=C/CC. The maximum absolute atomic E-state index is 12.8. The number of carbonyl (C=O) groups excluding carboxylic acids is 3. The molecule has 8 heteroatoms. The fourth-order valence-electron chi connectivity index (χ4n) is 6.80. The van der Waals surface area contributed by atoms with Crippen LogP contribution < -0.4 is 5.11 Å². The van der Waals surface area contributed by atoms with Gasteiger partial charge in [-0.2, -0.15) is 0 Å². The first kappa shape index (κ1) is 61.0. The van der Waals surface area contributed by atoms with Gasteiger partial charge in [-0.25, -0.2) is 0 Å². The number of aliphatic carboxylic acids is 1. The average Bonchev–Trinajstić information content (AvgIpc) is 3.27. The molecule has 2 unspecified atom stereocenters. The lowest BCUT2D eigenvalue weighted by Crippen LogP contribution is -2.55. The van der Waals surface area contributed by atoms with Gasteiger partial charge in [-0.05, 0) is 89.9 Å². The van der Waals surface area contributed by atoms with Gasteiger partial charge in [0.05, 0.1) is 40.3 Å². The lowest BCUT2D eigenvalue weighted by Gasteiger charge is -2.34. The highest BCUT2D eigenvalue weighted by Gasteiger charge is 2.25. The van der Waals surface area contributed by atoms with Crippen LogP contribution in [0.3, 0.4) is 0 Å². The van der Waals surface area contributed by atoms with Crippen molar-refractivity contribution in [3.05, 3.63) is 109 Å². The lowest BCUT2D eigenvalue weighted by molar-refractivity contribution is -0.889. The molecule has 0 aromatic carbocycles. The van der Waals surface area contributed by atoms with E-state index in [9.17, 15) is 19.5 Å². The molecule has 0 bridgehead atoms. The predicted octanol–water partition coefficient (Wildman–Crippen LogP) is 13.5. The maximum Gasteiger partial charge on any atom is 0.306 e. The summed E-state index contributed by atoms with van der Waals surface area (Å²) in [5.41, 5.74) is 0. The Morgan fingerprint density at radius 3 is 1.25 bits per heavy atom. The van der Waals surface area contributed by atoms with Crippen molar-refractivity contribution < 1.29 is 38.2 Å². The standard InChI is InChI=1S/C57H93NO7/c1-6-8-10-12-14-16-18-20-22-24-26-28-30-32-34-36-38-40-42-44-46-48-56(60)65-53(51-63-50-49-54(57(61)62)58(3,4)5)52-64-55(59)47-45-43-41-39-37-35-33-31-29-27-25-23-21-19-17-15-13-11-9-7-2/h8-11,14-17,20-23,27,29,33,35,39,41,53-54H,6-7,12-13,18-19,24-26,28,30-32,34,36-38,40,42-52H2,1-5H3/b10-8+,11-9+,16-14+,17-15+,22-20+,23-21+,29-27+,35-33+,41-39+. The Morgan fingerprint density at radius 1 is 0.462 bits per heavy atom. The Balaban J connectivity index is 4.36. The fourth-order valence-corrected chi connectivity index (χ4v) is 6.80. The van der Waals surface area contributed by atoms with Crippen LogP contribution in [-0.2, 0) is 28.6 Å². The summed E-state index contributed by atoms with van der Waals surface area (Å²) in [6.07, 6.45) is 64.1. The van der Waals surface area contributed by atoms with Gasteiger partial charge in [0.25, 0.3) is 0 Å². The quantitative estimate of drug-likeness (QED) is 0.0260. The van der Waals surface area contributed by atoms with Crippen LogP contribution in [0.4, 0.5) is 0 Å². The van der Waals surface area contributed by atoms with Crippen molar-refractivity contribution in [3.63, 3.8) is 0 Å². The number of carbonyl (C=O) groups is 3. The van der Waals surface area contributed by atoms with Crippen molar-refractivity contribution in [1.29, 1.82) is 0 Å². The zero-order valence-electron chi connectivity index (χ0n) is 41.9. The number of hydrogen-bond acceptors (Lipinski definition) is 7. The summed E-state index contributed by atoms with van der Waals surface area (Å²) in [5.74, 6) is -1.83. The van der Waals surface area contributed by atoms with Crippen LogP contribution in [0.1, 0.15) is 181 Å². The minimum Gasteiger partial charge on any atom is -0.544 e. The van der Waals surface area contributed by atoms with Gasteiger partial charge in [-0.3, -0.25) is 9.59 Å². The van der Waals surface area contributed by atoms with E-state index >= 15 is 0 Å². The highest BCUT2D eigenvalue weighted by Crippen LogP contribution is 2.14. The number of likely N-dealkylation sites (N-methyl/N-ethyl adjacent to an activating group) is 1. The first-order valence-electron chi connectivity index (χ1n) is 25.4. The van der Waals surface area contributed by atoms with Crippen LogP contribution in [-0.4, -0.2) is 75.5 Å². The molecule has 0 saturated carbocycles. The van der Waals surface area contributed by atoms with E-state index < -0.39 is 18.1 Å². The minimum absolute atomic E-state index is 0.0148. The average molecular weight is 904 g/mol. The number of carboxylic acids is 1. The van der Waals surface area contributed by atoms with Crippen LogP contribution >= 0.6 is 0 Å². The topological polar surface area (TPSA) is 102 Å². The monoisotopic (exact) mass is 904 g/mol. The third kappa shape index (κ3) is 45.0. The molecule has 0 rings (SSSR count). The first-order valence-corrected chi connectivity index (χ1v) is 25.4. The normalized spacial score (nSPS) is 13.8. The molecule has 0 aliphatic rings. The molecular formula is C57H93NO7. The Kier molecular flexibility index (Phi) is 43.6. The van der Waals surface area contributed by atoms with Crippen LogP contribution in [0.5, 0.6) is 0 Å². The van der Waals surface area contributed by atoms with E-state index in [1.165, 1.54) is 57.8 Å². The number of nitrogens with zero attached hydrogens (tertiary/aromatic N) is 1. The van der Waals surface area contributed by atoms with E-state index in [1.54, 1.807) is 21.1 Å². The molecule has 0 aromatic rings. The summed E-state index contributed by atoms with van der Waals surface area (Å²) in [4.78, 5) is 37.0. The zero-order valence-corrected chi connectivity index (χ0v) is 41.9. The van der Waals surface area contributed by atoms with Crippen molar-refractivity contribution >= 4 is 17.9 Å². The van der Waals surface area contributed by atoms with Crippen LogP contribution in [0, 0.1) is 0 Å². The molecule has 0 aliphatic heterocycles. The maximum atomic E-state index is 12.8. The van der Waals surface area contributed by atoms with Crippen molar-refractivity contribution in [2.75, 3.05) is 41.0 Å². The van der Waals surface area contributed by atoms with E-state index in [2.05, 4.69) is 123 Å². The molecular weight excluding hydrogens is 811 g/mol. The number of carboxylic acid groups (broad SMARTS) is 1. The van der Waals surface area contributed by atoms with Crippen molar-refractivity contribution in [3.8, 4) is 0 Å². The molecule has 8 nitrogen and oxygen atoms in total. The lowest BCUT2D eigenvalue weighted by atomic mass is 10.0. The van der Waals surface area contributed by atoms with Gasteiger partial charge in [0.2, 0.25) is 0 Å². The molecule has 0 saturated heterocycles. The third-order valence-corrected chi connectivity index (χ3v) is 10.7. The summed E-state index contributed by atoms with van der Waals surface area (Å²) >= 11 is 0. The van der Waals surface area contributed by atoms with Gasteiger partial charge in [-0.1, -0.05) is 181 Å². The summed E-state index contributed by atoms with van der Waals surface area (Å²) in [7, 11) is 5.39. The molecule has 368 valence electrons. The number of rotatable bonds is 44. The van der Waals surface area contributed by atoms with Crippen molar-refractivity contribution in [1.82, 2.24) is 0 Å². The smallest absolute Gasteiger partial charge is 0.306 e. The minimum atomic E-state index is -1.14. The molecule has 0 N–H and O–H groups in total. The summed E-state index contributed by atoms with van der Waals surface area (Å²) in [6, 6.07) is -0.742. The second-order valence-corrected chi connectivity index (χ2v) is 17.6. The van der Waals surface area contributed by atoms with Crippen molar-refractivity contribution in [2.45, 2.75) is 193 Å². The highest BCUT2D eigenvalue weighted by molar-refractivity contribution is 5.70. The zero-order chi connectivity index (χ0) is 47.7. The van der Waals surface area contributed by atoms with E-state index in [4.69, 9.17) is 14.2 Å². The molecule has 0 aromatic heterocycles. The number of hydrogen-bond donors (Lipinski definition) is 0. The van der Waals surface area contributed by atoms with Gasteiger partial charge in [0, 0.05) is 19.3 Å². The molecule has 0 heterocycles. The Morgan fingerprint density at radius 2 is 0.831 bits per heavy atom. The summed E-state index contributed by atoms with van der Waals surface area (Å²) < 4.78 is 17.2. The van der Waals surface area contributed by atoms with Crippen LogP contribution in [0.2, 0.25) is 0 Å². The van der Waals surface area contributed by atoms with Gasteiger partial charge >= 0.3 is 11.9 Å². The number of esters is 2. The third-order valence-electron chi connectivity index (χ3n) is 10.7. The molecule has 0 spiro atoms. The molecule has 0 radical (unpaired) electrons. The number of ether oxygens (including phenoxy) is 3. The van der Waals surface area contributed by atoms with Gasteiger partial charge < -0.3 is 28.6 Å². The van der Waals surface area contributed by atoms with Crippen molar-refractivity contribution in [2.24, 2.45) is 0 Å². The van der Waals surface area contributed by atoms with Gasteiger partial charge in [0.1, 0.15) is 12.6 Å².